The van der Waals surface area contributed by atoms with Crippen LogP contribution in [0.4, 0.5) is 9.59 Å². The molecule has 1 aliphatic heterocycles. The molecular formula is C11H14N4O5. The molecule has 108 valence electrons. The van der Waals surface area contributed by atoms with Gasteiger partial charge in [-0.25, -0.2) is 14.5 Å². The van der Waals surface area contributed by atoms with Gasteiger partial charge in [0.15, 0.2) is 0 Å². The molecule has 9 heteroatoms. The summed E-state index contributed by atoms with van der Waals surface area (Å²) >= 11 is 0. The van der Waals surface area contributed by atoms with Gasteiger partial charge in [0.25, 0.3) is 0 Å². The molecule has 9 nitrogen and oxygen atoms in total. The zero-order valence-electron chi connectivity index (χ0n) is 10.6. The Bertz CT molecular complexity index is 497. The number of urea groups is 2. The van der Waals surface area contributed by atoms with E-state index in [9.17, 15) is 24.0 Å². The van der Waals surface area contributed by atoms with Crippen LogP contribution >= 0.6 is 0 Å². The van der Waals surface area contributed by atoms with Gasteiger partial charge in [-0.1, -0.05) is 12.8 Å². The first-order valence-corrected chi connectivity index (χ1v) is 6.20. The van der Waals surface area contributed by atoms with E-state index in [4.69, 9.17) is 5.73 Å². The van der Waals surface area contributed by atoms with Crippen molar-refractivity contribution in [2.24, 2.45) is 5.73 Å². The lowest BCUT2D eigenvalue weighted by molar-refractivity contribution is -0.144. The first-order chi connectivity index (χ1) is 9.41. The van der Waals surface area contributed by atoms with Crippen molar-refractivity contribution in [3.8, 4) is 0 Å². The van der Waals surface area contributed by atoms with Crippen molar-refractivity contribution >= 4 is 29.8 Å². The molecule has 2 fully saturated rings. The fraction of sp³-hybridized carbons (Fsp3) is 0.545. The van der Waals surface area contributed by atoms with Crippen LogP contribution in [0.2, 0.25) is 0 Å². The van der Waals surface area contributed by atoms with Crippen LogP contribution in [0.25, 0.3) is 0 Å². The molecule has 0 aromatic carbocycles. The molecule has 0 spiro atoms. The topological polar surface area (TPSA) is 130 Å². The van der Waals surface area contributed by atoms with Crippen LogP contribution in [0, 0.1) is 0 Å². The summed E-state index contributed by atoms with van der Waals surface area (Å²) < 4.78 is 0. The number of nitrogens with two attached hydrogens (primary N) is 1. The number of rotatable bonds is 3. The molecule has 0 aromatic heterocycles. The van der Waals surface area contributed by atoms with E-state index in [-0.39, 0.29) is 6.04 Å². The molecule has 20 heavy (non-hydrogen) atoms. The second-order valence-electron chi connectivity index (χ2n) is 4.70. The van der Waals surface area contributed by atoms with Crippen LogP contribution in [0.3, 0.4) is 0 Å². The van der Waals surface area contributed by atoms with Crippen LogP contribution in [-0.4, -0.2) is 52.2 Å². The summed E-state index contributed by atoms with van der Waals surface area (Å²) in [5.74, 6) is -2.89. The van der Waals surface area contributed by atoms with Crippen LogP contribution in [0.5, 0.6) is 0 Å². The molecule has 0 unspecified atom stereocenters. The van der Waals surface area contributed by atoms with Gasteiger partial charge >= 0.3 is 23.9 Å². The fourth-order valence-electron chi connectivity index (χ4n) is 2.47. The maximum absolute atomic E-state index is 12.0. The van der Waals surface area contributed by atoms with Crippen molar-refractivity contribution < 1.29 is 24.0 Å². The number of carbonyl (C=O) groups is 5. The summed E-state index contributed by atoms with van der Waals surface area (Å²) in [6.07, 6.45) is 3.09. The Morgan fingerprint density at radius 2 is 1.75 bits per heavy atom. The first kappa shape index (κ1) is 14.0. The number of nitrogens with one attached hydrogen (secondary N) is 1. The van der Waals surface area contributed by atoms with E-state index in [0.29, 0.717) is 17.7 Å². The second-order valence-corrected chi connectivity index (χ2v) is 4.70. The monoisotopic (exact) mass is 282 g/mol. The minimum absolute atomic E-state index is 0.289. The maximum atomic E-state index is 12.0. The average Bonchev–Trinajstić information content (AvgIpc) is 2.93. The molecule has 3 N–H and O–H groups in total. The number of primary amides is 1. The van der Waals surface area contributed by atoms with Crippen molar-refractivity contribution in [3.05, 3.63) is 0 Å². The number of imide groups is 3. The van der Waals surface area contributed by atoms with Gasteiger partial charge in [0.2, 0.25) is 5.91 Å². The van der Waals surface area contributed by atoms with Gasteiger partial charge in [0.05, 0.1) is 0 Å². The minimum atomic E-state index is -1.09. The molecule has 0 radical (unpaired) electrons. The average molecular weight is 282 g/mol. The lowest BCUT2D eigenvalue weighted by Crippen LogP contribution is -2.45. The Hall–Kier alpha value is -2.45. The minimum Gasteiger partial charge on any atom is -0.351 e. The highest BCUT2D eigenvalue weighted by Gasteiger charge is 2.48. The van der Waals surface area contributed by atoms with Gasteiger partial charge in [0.1, 0.15) is 6.54 Å². The van der Waals surface area contributed by atoms with Gasteiger partial charge in [-0.3, -0.25) is 24.6 Å². The Balaban J connectivity index is 2.09. The molecule has 1 saturated heterocycles. The number of amides is 7. The van der Waals surface area contributed by atoms with Crippen molar-refractivity contribution in [1.29, 1.82) is 0 Å². The molecule has 1 heterocycles. The summed E-state index contributed by atoms with van der Waals surface area (Å²) in [6.45, 7) is -0.699. The summed E-state index contributed by atoms with van der Waals surface area (Å²) in [6, 6.07) is -2.19. The Morgan fingerprint density at radius 3 is 2.30 bits per heavy atom. The van der Waals surface area contributed by atoms with E-state index in [1.54, 1.807) is 5.32 Å². The normalized spacial score (nSPS) is 19.9. The lowest BCUT2D eigenvalue weighted by atomic mass is 10.2. The fourth-order valence-corrected chi connectivity index (χ4v) is 2.47. The van der Waals surface area contributed by atoms with Gasteiger partial charge in [-0.15, -0.1) is 0 Å². The zero-order chi connectivity index (χ0) is 14.9. The number of carbonyl (C=O) groups excluding carboxylic acids is 5. The van der Waals surface area contributed by atoms with Crippen LogP contribution in [0.1, 0.15) is 25.7 Å². The molecule has 7 amide bonds. The quantitative estimate of drug-likeness (QED) is 0.502. The lowest BCUT2D eigenvalue weighted by Gasteiger charge is -2.20. The van der Waals surface area contributed by atoms with Gasteiger partial charge in [-0.2, -0.15) is 0 Å². The second kappa shape index (κ2) is 5.27. The summed E-state index contributed by atoms with van der Waals surface area (Å²) in [5, 5.41) is 1.73. The molecule has 0 aromatic rings. The van der Waals surface area contributed by atoms with Crippen LogP contribution in [-0.2, 0) is 14.4 Å². The van der Waals surface area contributed by atoms with E-state index in [2.05, 4.69) is 0 Å². The Kier molecular flexibility index (Phi) is 3.68. The Morgan fingerprint density at radius 1 is 1.15 bits per heavy atom. The van der Waals surface area contributed by atoms with E-state index in [1.165, 1.54) is 0 Å². The molecular weight excluding hydrogens is 268 g/mol. The summed E-state index contributed by atoms with van der Waals surface area (Å²) in [5.41, 5.74) is 4.75. The highest BCUT2D eigenvalue weighted by Crippen LogP contribution is 2.27. The molecule has 2 aliphatic rings. The predicted octanol–water partition coefficient (Wildman–Crippen LogP) is -1.09. The van der Waals surface area contributed by atoms with Gasteiger partial charge < -0.3 is 5.73 Å². The zero-order valence-corrected chi connectivity index (χ0v) is 10.6. The van der Waals surface area contributed by atoms with Gasteiger partial charge in [-0.05, 0) is 12.8 Å². The Labute approximate surface area is 114 Å². The van der Waals surface area contributed by atoms with Crippen molar-refractivity contribution in [2.45, 2.75) is 31.7 Å². The smallest absolute Gasteiger partial charge is 0.334 e. The third-order valence-electron chi connectivity index (χ3n) is 3.34. The van der Waals surface area contributed by atoms with E-state index in [0.717, 1.165) is 17.7 Å². The number of hydrogen-bond donors (Lipinski definition) is 2. The third-order valence-corrected chi connectivity index (χ3v) is 3.34. The molecule has 0 bridgehead atoms. The van der Waals surface area contributed by atoms with Crippen molar-refractivity contribution in [3.63, 3.8) is 0 Å². The van der Waals surface area contributed by atoms with Gasteiger partial charge in [0, 0.05) is 6.04 Å². The summed E-state index contributed by atoms with van der Waals surface area (Å²) in [4.78, 5) is 58.9. The highest BCUT2D eigenvalue weighted by atomic mass is 16.2. The third kappa shape index (κ3) is 2.46. The van der Waals surface area contributed by atoms with Crippen molar-refractivity contribution in [1.82, 2.24) is 15.1 Å². The molecule has 0 atom stereocenters. The molecule has 1 saturated carbocycles. The number of hydrogen-bond acceptors (Lipinski definition) is 5. The van der Waals surface area contributed by atoms with Crippen LogP contribution < -0.4 is 11.1 Å². The molecule has 1 aliphatic carbocycles. The summed E-state index contributed by atoms with van der Waals surface area (Å²) in [7, 11) is 0. The SMILES string of the molecule is NC(=O)NC(=O)CN1C(=O)C(=O)N(C2CCCC2)C1=O. The van der Waals surface area contributed by atoms with E-state index in [1.807, 2.05) is 0 Å². The largest absolute Gasteiger partial charge is 0.351 e. The predicted molar refractivity (Wildman–Crippen MR) is 63.9 cm³/mol. The maximum Gasteiger partial charge on any atom is 0.334 e. The van der Waals surface area contributed by atoms with E-state index >= 15 is 0 Å². The highest BCUT2D eigenvalue weighted by molar-refractivity contribution is 6.45. The standard InChI is InChI=1S/C11H14N4O5/c12-10(19)13-7(16)5-14-8(17)9(18)15(11(14)20)6-3-1-2-4-6/h6H,1-5H2,(H3,12,13,16,19). The number of nitrogens with zero attached hydrogens (tertiary/aromatic N) is 2. The van der Waals surface area contributed by atoms with Crippen LogP contribution in [0.15, 0.2) is 0 Å². The van der Waals surface area contributed by atoms with Crippen molar-refractivity contribution in [2.75, 3.05) is 6.54 Å². The molecule has 2 rings (SSSR count). The first-order valence-electron chi connectivity index (χ1n) is 6.20. The van der Waals surface area contributed by atoms with E-state index < -0.39 is 36.3 Å².